The lowest BCUT2D eigenvalue weighted by molar-refractivity contribution is -0.142. The zero-order valence-electron chi connectivity index (χ0n) is 15.5. The molecule has 2 amide bonds. The van der Waals surface area contributed by atoms with Crippen molar-refractivity contribution in [3.05, 3.63) is 65.7 Å². The van der Waals surface area contributed by atoms with Crippen molar-refractivity contribution in [3.8, 4) is 0 Å². The molecule has 0 fully saturated rings. The van der Waals surface area contributed by atoms with Gasteiger partial charge in [-0.1, -0.05) is 30.3 Å². The molecule has 0 heterocycles. The van der Waals surface area contributed by atoms with E-state index in [1.165, 1.54) is 0 Å². The highest BCUT2D eigenvalue weighted by Gasteiger charge is 2.29. The van der Waals surface area contributed by atoms with Gasteiger partial charge in [-0.25, -0.2) is 0 Å². The summed E-state index contributed by atoms with van der Waals surface area (Å²) in [5.74, 6) is -1.22. The predicted molar refractivity (Wildman–Crippen MR) is 104 cm³/mol. The summed E-state index contributed by atoms with van der Waals surface area (Å²) < 4.78 is 0. The Kier molecular flexibility index (Phi) is 6.71. The number of aliphatic carboxylic acids is 1. The quantitative estimate of drug-likeness (QED) is 0.624. The second-order valence-corrected chi connectivity index (χ2v) is 6.78. The van der Waals surface area contributed by atoms with Crippen molar-refractivity contribution in [3.63, 3.8) is 0 Å². The molecular weight excluding hydrogens is 344 g/mol. The van der Waals surface area contributed by atoms with Crippen LogP contribution in [0.25, 0.3) is 0 Å². The highest BCUT2D eigenvalue weighted by Crippen LogP contribution is 2.24. The average Bonchev–Trinajstić information content (AvgIpc) is 2.66. The maximum Gasteiger partial charge on any atom is 0.313 e. The van der Waals surface area contributed by atoms with E-state index in [1.807, 2.05) is 6.07 Å². The molecule has 0 saturated heterocycles. The molecule has 0 unspecified atom stereocenters. The van der Waals surface area contributed by atoms with Crippen LogP contribution in [0.5, 0.6) is 0 Å². The molecule has 0 aliphatic rings. The number of hydrogen-bond acceptors (Lipinski definition) is 3. The fourth-order valence-electron chi connectivity index (χ4n) is 2.46. The summed E-state index contributed by atoms with van der Waals surface area (Å²) in [7, 11) is 0. The predicted octanol–water partition coefficient (Wildman–Crippen LogP) is 3.20. The van der Waals surface area contributed by atoms with Crippen molar-refractivity contribution in [1.82, 2.24) is 5.32 Å². The minimum absolute atomic E-state index is 0.158. The van der Waals surface area contributed by atoms with Gasteiger partial charge in [0.15, 0.2) is 0 Å². The number of carbonyl (C=O) groups excluding carboxylic acids is 2. The van der Waals surface area contributed by atoms with Crippen LogP contribution in [-0.2, 0) is 15.0 Å². The summed E-state index contributed by atoms with van der Waals surface area (Å²) in [6, 6.07) is 15.7. The van der Waals surface area contributed by atoms with Crippen LogP contribution in [0.3, 0.4) is 0 Å². The lowest BCUT2D eigenvalue weighted by Crippen LogP contribution is -2.28. The van der Waals surface area contributed by atoms with Crippen LogP contribution >= 0.6 is 0 Å². The van der Waals surface area contributed by atoms with E-state index in [0.29, 0.717) is 29.8 Å². The molecule has 2 aromatic carbocycles. The molecule has 6 nitrogen and oxygen atoms in total. The van der Waals surface area contributed by atoms with E-state index < -0.39 is 11.4 Å². The Balaban J connectivity index is 1.76. The van der Waals surface area contributed by atoms with Gasteiger partial charge >= 0.3 is 5.97 Å². The smallest absolute Gasteiger partial charge is 0.313 e. The van der Waals surface area contributed by atoms with Crippen LogP contribution in [0.1, 0.15) is 42.6 Å². The number of carbonyl (C=O) groups is 3. The zero-order valence-corrected chi connectivity index (χ0v) is 15.5. The van der Waals surface area contributed by atoms with E-state index in [-0.39, 0.29) is 18.2 Å². The van der Waals surface area contributed by atoms with E-state index >= 15 is 0 Å². The van der Waals surface area contributed by atoms with Gasteiger partial charge in [0.2, 0.25) is 5.91 Å². The lowest BCUT2D eigenvalue weighted by atomic mass is 9.85. The Morgan fingerprint density at radius 3 is 2.19 bits per heavy atom. The number of rotatable bonds is 8. The molecule has 0 atom stereocenters. The molecule has 3 N–H and O–H groups in total. The summed E-state index contributed by atoms with van der Waals surface area (Å²) in [6.45, 7) is 3.67. The molecule has 0 radical (unpaired) electrons. The van der Waals surface area contributed by atoms with Gasteiger partial charge in [-0.05, 0) is 50.1 Å². The normalized spacial score (nSPS) is 10.9. The van der Waals surface area contributed by atoms with Crippen LogP contribution < -0.4 is 10.6 Å². The Morgan fingerprint density at radius 1 is 0.963 bits per heavy atom. The zero-order chi connectivity index (χ0) is 19.9. The first-order valence-corrected chi connectivity index (χ1v) is 8.78. The van der Waals surface area contributed by atoms with Crippen molar-refractivity contribution >= 4 is 23.5 Å². The summed E-state index contributed by atoms with van der Waals surface area (Å²) >= 11 is 0. The number of benzene rings is 2. The Morgan fingerprint density at radius 2 is 1.59 bits per heavy atom. The number of carboxylic acids is 1. The van der Waals surface area contributed by atoms with Crippen molar-refractivity contribution in [2.24, 2.45) is 0 Å². The fraction of sp³-hybridized carbons (Fsp3) is 0.286. The Labute approximate surface area is 158 Å². The van der Waals surface area contributed by atoms with Crippen molar-refractivity contribution in [1.29, 1.82) is 0 Å². The number of hydrogen-bond donors (Lipinski definition) is 3. The minimum atomic E-state index is -0.987. The van der Waals surface area contributed by atoms with Gasteiger partial charge in [0.25, 0.3) is 5.91 Å². The van der Waals surface area contributed by atoms with E-state index in [4.69, 9.17) is 0 Å². The first-order chi connectivity index (χ1) is 12.8. The van der Waals surface area contributed by atoms with Crippen molar-refractivity contribution in [2.45, 2.75) is 32.1 Å². The molecule has 142 valence electrons. The average molecular weight is 368 g/mol. The van der Waals surface area contributed by atoms with E-state index in [0.717, 1.165) is 0 Å². The van der Waals surface area contributed by atoms with E-state index in [9.17, 15) is 19.5 Å². The summed E-state index contributed by atoms with van der Waals surface area (Å²) in [6.07, 6.45) is 0.798. The third-order valence-corrected chi connectivity index (χ3v) is 4.33. The fourth-order valence-corrected chi connectivity index (χ4v) is 2.46. The highest BCUT2D eigenvalue weighted by atomic mass is 16.4. The van der Waals surface area contributed by atoms with Crippen LogP contribution in [0.4, 0.5) is 5.69 Å². The third-order valence-electron chi connectivity index (χ3n) is 4.33. The monoisotopic (exact) mass is 368 g/mol. The van der Waals surface area contributed by atoms with Gasteiger partial charge in [0, 0.05) is 24.2 Å². The molecule has 0 saturated carbocycles. The molecular formula is C21H24N2O4. The van der Waals surface area contributed by atoms with E-state index in [1.54, 1.807) is 62.4 Å². The number of anilines is 1. The number of carboxylic acid groups (broad SMARTS) is 1. The third kappa shape index (κ3) is 5.67. The Hall–Kier alpha value is -3.15. The number of amides is 2. The van der Waals surface area contributed by atoms with Gasteiger partial charge in [-0.3, -0.25) is 14.4 Å². The van der Waals surface area contributed by atoms with E-state index in [2.05, 4.69) is 10.6 Å². The second-order valence-electron chi connectivity index (χ2n) is 6.78. The SMILES string of the molecule is CC(C)(C(=O)O)c1ccc(NC(=O)CCCNC(=O)c2ccccc2)cc1. The van der Waals surface area contributed by atoms with Crippen LogP contribution in [0.2, 0.25) is 0 Å². The second kappa shape index (κ2) is 8.98. The van der Waals surface area contributed by atoms with Gasteiger partial charge < -0.3 is 15.7 Å². The molecule has 6 heteroatoms. The van der Waals surface area contributed by atoms with Crippen molar-refractivity contribution < 1.29 is 19.5 Å². The van der Waals surface area contributed by atoms with Gasteiger partial charge in [-0.2, -0.15) is 0 Å². The van der Waals surface area contributed by atoms with Gasteiger partial charge in [0.1, 0.15) is 0 Å². The lowest BCUT2D eigenvalue weighted by Gasteiger charge is -2.19. The first-order valence-electron chi connectivity index (χ1n) is 8.78. The van der Waals surface area contributed by atoms with Crippen LogP contribution in [0, 0.1) is 0 Å². The Bertz CT molecular complexity index is 799. The topological polar surface area (TPSA) is 95.5 Å². The maximum absolute atomic E-state index is 12.0. The molecule has 27 heavy (non-hydrogen) atoms. The standard InChI is InChI=1S/C21H24N2O4/c1-21(2,20(26)27)16-10-12-17(13-11-16)23-18(24)9-6-14-22-19(25)15-7-4-3-5-8-15/h3-5,7-8,10-13H,6,9,14H2,1-2H3,(H,22,25)(H,23,24)(H,26,27). The molecule has 2 aromatic rings. The largest absolute Gasteiger partial charge is 0.481 e. The molecule has 2 rings (SSSR count). The maximum atomic E-state index is 12.0. The number of nitrogens with one attached hydrogen (secondary N) is 2. The van der Waals surface area contributed by atoms with Crippen LogP contribution in [-0.4, -0.2) is 29.4 Å². The molecule has 0 spiro atoms. The van der Waals surface area contributed by atoms with Crippen LogP contribution in [0.15, 0.2) is 54.6 Å². The molecule has 0 aliphatic heterocycles. The van der Waals surface area contributed by atoms with Gasteiger partial charge in [0.05, 0.1) is 5.41 Å². The summed E-state index contributed by atoms with van der Waals surface area (Å²) in [5, 5.41) is 14.8. The highest BCUT2D eigenvalue weighted by molar-refractivity contribution is 5.94. The van der Waals surface area contributed by atoms with Crippen molar-refractivity contribution in [2.75, 3.05) is 11.9 Å². The molecule has 0 aliphatic carbocycles. The summed E-state index contributed by atoms with van der Waals surface area (Å²) in [5.41, 5.74) is 0.876. The first kappa shape index (κ1) is 20.2. The molecule has 0 bridgehead atoms. The minimum Gasteiger partial charge on any atom is -0.481 e. The summed E-state index contributed by atoms with van der Waals surface area (Å²) in [4.78, 5) is 35.2. The molecule has 0 aromatic heterocycles. The van der Waals surface area contributed by atoms with Gasteiger partial charge in [-0.15, -0.1) is 0 Å².